The molecule has 170 valence electrons. The van der Waals surface area contributed by atoms with Crippen molar-refractivity contribution in [2.45, 2.75) is 78.1 Å². The van der Waals surface area contributed by atoms with Gasteiger partial charge in [-0.2, -0.15) is 5.43 Å². The van der Waals surface area contributed by atoms with Crippen LogP contribution in [-0.2, 0) is 4.79 Å². The highest BCUT2D eigenvalue weighted by atomic mass is 79.9. The zero-order chi connectivity index (χ0) is 19.9. The highest BCUT2D eigenvalue weighted by molar-refractivity contribution is 5.86. The van der Waals surface area contributed by atoms with Crippen molar-refractivity contribution < 1.29 is 47.8 Å². The SMILES string of the molecule is CCCCCCCCC=CC(=O)N[N+](C)(C)CCCC[N+](C)(C)CCC.[Br-].[Br-]. The molecule has 0 aromatic rings. The Labute approximate surface area is 196 Å². The first-order chi connectivity index (χ1) is 12.2. The van der Waals surface area contributed by atoms with Crippen LogP contribution < -0.4 is 39.4 Å². The summed E-state index contributed by atoms with van der Waals surface area (Å²) < 4.78 is 1.65. The van der Waals surface area contributed by atoms with Crippen LogP contribution in [0.5, 0.6) is 0 Å². The number of carbonyl (C=O) groups excluding carboxylic acids is 1. The Morgan fingerprint density at radius 2 is 1.32 bits per heavy atom. The number of nitrogens with zero attached hydrogens (tertiary/aromatic N) is 2. The van der Waals surface area contributed by atoms with E-state index >= 15 is 0 Å². The van der Waals surface area contributed by atoms with Crippen molar-refractivity contribution in [1.29, 1.82) is 0 Å². The molecule has 1 amide bonds. The van der Waals surface area contributed by atoms with E-state index in [4.69, 9.17) is 0 Å². The molecule has 28 heavy (non-hydrogen) atoms. The monoisotopic (exact) mass is 527 g/mol. The molecule has 0 rings (SSSR count). The predicted octanol–water partition coefficient (Wildman–Crippen LogP) is -1.32. The number of carbonyl (C=O) groups is 1. The molecule has 6 heteroatoms. The van der Waals surface area contributed by atoms with Crippen molar-refractivity contribution in [2.75, 3.05) is 47.8 Å². The molecule has 0 unspecified atom stereocenters. The van der Waals surface area contributed by atoms with Gasteiger partial charge in [0, 0.05) is 18.9 Å². The molecule has 0 fully saturated rings. The Hall–Kier alpha value is 0.0900. The van der Waals surface area contributed by atoms with Crippen LogP contribution in [0.2, 0.25) is 0 Å². The van der Waals surface area contributed by atoms with Gasteiger partial charge in [-0.25, -0.2) is 4.59 Å². The molecular formula is C22H47Br2N3O. The van der Waals surface area contributed by atoms with Crippen molar-refractivity contribution in [3.05, 3.63) is 12.2 Å². The number of amides is 1. The Morgan fingerprint density at radius 3 is 1.93 bits per heavy atom. The Bertz CT molecular complexity index is 399. The van der Waals surface area contributed by atoms with Gasteiger partial charge in [0.1, 0.15) is 6.54 Å². The zero-order valence-electron chi connectivity index (χ0n) is 19.4. The van der Waals surface area contributed by atoms with Crippen molar-refractivity contribution in [3.8, 4) is 0 Å². The molecule has 0 atom stereocenters. The number of nitrogens with one attached hydrogen (secondary N) is 1. The number of hydrogen-bond donors (Lipinski definition) is 1. The van der Waals surface area contributed by atoms with Gasteiger partial charge in [-0.1, -0.05) is 52.0 Å². The number of hydrogen-bond acceptors (Lipinski definition) is 1. The van der Waals surface area contributed by atoms with Gasteiger partial charge in [-0.15, -0.1) is 0 Å². The van der Waals surface area contributed by atoms with E-state index in [0.29, 0.717) is 4.59 Å². The lowest BCUT2D eigenvalue weighted by atomic mass is 10.1. The summed E-state index contributed by atoms with van der Waals surface area (Å²) in [4.78, 5) is 12.1. The van der Waals surface area contributed by atoms with Crippen LogP contribution in [0.25, 0.3) is 0 Å². The molecule has 0 aliphatic rings. The summed E-state index contributed by atoms with van der Waals surface area (Å²) in [7, 11) is 8.76. The lowest BCUT2D eigenvalue weighted by molar-refractivity contribution is -0.926. The third-order valence-corrected chi connectivity index (χ3v) is 4.97. The van der Waals surface area contributed by atoms with E-state index in [1.54, 1.807) is 6.08 Å². The largest absolute Gasteiger partial charge is 1.00 e. The minimum atomic E-state index is 0. The summed E-state index contributed by atoms with van der Waals surface area (Å²) in [5.41, 5.74) is 3.10. The number of quaternary nitrogens is 2. The molecule has 0 aliphatic carbocycles. The summed E-state index contributed by atoms with van der Waals surface area (Å²) in [6, 6.07) is 0. The van der Waals surface area contributed by atoms with Crippen LogP contribution in [0.4, 0.5) is 0 Å². The molecule has 4 nitrogen and oxygen atoms in total. The van der Waals surface area contributed by atoms with Crippen LogP contribution in [0.1, 0.15) is 78.1 Å². The van der Waals surface area contributed by atoms with E-state index in [0.717, 1.165) is 23.9 Å². The fourth-order valence-electron chi connectivity index (χ4n) is 3.39. The molecule has 0 aromatic carbocycles. The van der Waals surface area contributed by atoms with E-state index in [1.807, 2.05) is 6.08 Å². The van der Waals surface area contributed by atoms with E-state index in [9.17, 15) is 4.79 Å². The first-order valence-corrected chi connectivity index (χ1v) is 10.9. The maximum atomic E-state index is 12.1. The lowest BCUT2D eigenvalue weighted by Gasteiger charge is -2.31. The number of unbranched alkanes of at least 4 members (excludes halogenated alkanes) is 7. The number of allylic oxidation sites excluding steroid dienone is 1. The van der Waals surface area contributed by atoms with Crippen LogP contribution in [0, 0.1) is 0 Å². The van der Waals surface area contributed by atoms with Crippen LogP contribution in [-0.4, -0.2) is 62.8 Å². The summed E-state index contributed by atoms with van der Waals surface area (Å²) in [6.45, 7) is 7.91. The topological polar surface area (TPSA) is 29.1 Å². The number of rotatable bonds is 16. The maximum absolute atomic E-state index is 12.1. The van der Waals surface area contributed by atoms with Crippen LogP contribution in [0.15, 0.2) is 12.2 Å². The zero-order valence-corrected chi connectivity index (χ0v) is 22.6. The third kappa shape index (κ3) is 20.8. The smallest absolute Gasteiger partial charge is 0.288 e. The van der Waals surface area contributed by atoms with Gasteiger partial charge in [0.2, 0.25) is 0 Å². The minimum absolute atomic E-state index is 0. The fraction of sp³-hybridized carbons (Fsp3) is 0.864. The molecule has 0 heterocycles. The predicted molar refractivity (Wildman–Crippen MR) is 114 cm³/mol. The molecule has 0 spiro atoms. The van der Waals surface area contributed by atoms with Crippen molar-refractivity contribution in [3.63, 3.8) is 0 Å². The molecule has 0 saturated heterocycles. The van der Waals surface area contributed by atoms with Gasteiger partial charge in [0.25, 0.3) is 5.91 Å². The van der Waals surface area contributed by atoms with Gasteiger partial charge < -0.3 is 38.4 Å². The molecular weight excluding hydrogens is 482 g/mol. The van der Waals surface area contributed by atoms with Crippen LogP contribution >= 0.6 is 0 Å². The highest BCUT2D eigenvalue weighted by Gasteiger charge is 2.19. The maximum Gasteiger partial charge on any atom is 0.288 e. The molecule has 0 bridgehead atoms. The van der Waals surface area contributed by atoms with Crippen molar-refractivity contribution in [1.82, 2.24) is 5.43 Å². The third-order valence-electron chi connectivity index (χ3n) is 4.97. The summed E-state index contributed by atoms with van der Waals surface area (Å²) in [5, 5.41) is 0. The second kappa shape index (κ2) is 19.1. The average Bonchev–Trinajstić information content (AvgIpc) is 2.53. The Kier molecular flexibility index (Phi) is 22.3. The highest BCUT2D eigenvalue weighted by Crippen LogP contribution is 2.07. The van der Waals surface area contributed by atoms with Gasteiger partial charge in [-0.3, -0.25) is 4.79 Å². The molecule has 1 N–H and O–H groups in total. The molecule has 0 radical (unpaired) electrons. The number of halogens is 2. The fourth-order valence-corrected chi connectivity index (χ4v) is 3.39. The first kappa shape index (κ1) is 32.7. The van der Waals surface area contributed by atoms with Crippen molar-refractivity contribution in [2.24, 2.45) is 0 Å². The van der Waals surface area contributed by atoms with E-state index in [2.05, 4.69) is 47.5 Å². The average molecular weight is 529 g/mol. The first-order valence-electron chi connectivity index (χ1n) is 10.9. The van der Waals surface area contributed by atoms with Gasteiger partial charge in [0.15, 0.2) is 0 Å². The molecule has 0 aliphatic heterocycles. The second-order valence-electron chi connectivity index (χ2n) is 8.93. The van der Waals surface area contributed by atoms with E-state index in [1.165, 1.54) is 64.5 Å². The summed E-state index contributed by atoms with van der Waals surface area (Å²) >= 11 is 0. The second-order valence-corrected chi connectivity index (χ2v) is 8.93. The summed E-state index contributed by atoms with van der Waals surface area (Å²) in [6.07, 6.45) is 16.1. The quantitative estimate of drug-likeness (QED) is 0.114. The van der Waals surface area contributed by atoms with E-state index < -0.39 is 0 Å². The van der Waals surface area contributed by atoms with Gasteiger partial charge in [0.05, 0.1) is 41.3 Å². The van der Waals surface area contributed by atoms with E-state index in [-0.39, 0.29) is 39.9 Å². The standard InChI is InChI=1S/C22H46N3O.2BrH/c1-7-9-10-11-12-13-14-15-18-22(26)23-25(5,6)21-17-16-20-24(3,4)19-8-2;;/h15,18H,7-14,16-17,19-21H2,1-6H3;2*1H/q+1;;/p-1. The Balaban J connectivity index is -0.00000312. The molecule has 0 aromatic heterocycles. The summed E-state index contributed by atoms with van der Waals surface area (Å²) in [5.74, 6) is 0.0306. The van der Waals surface area contributed by atoms with Crippen LogP contribution in [0.3, 0.4) is 0 Å². The minimum Gasteiger partial charge on any atom is -1.00 e. The van der Waals surface area contributed by atoms with Gasteiger partial charge in [-0.05, 0) is 19.3 Å². The lowest BCUT2D eigenvalue weighted by Crippen LogP contribution is -3.00. The van der Waals surface area contributed by atoms with Gasteiger partial charge >= 0.3 is 0 Å². The molecule has 0 saturated carbocycles. The normalized spacial score (nSPS) is 11.8. The van der Waals surface area contributed by atoms with Crippen molar-refractivity contribution >= 4 is 5.91 Å². The Morgan fingerprint density at radius 1 is 0.750 bits per heavy atom.